The molecule has 5 rings (SSSR count). The molecule has 0 saturated carbocycles. The first-order valence-corrected chi connectivity index (χ1v) is 10.8. The maximum absolute atomic E-state index is 13.0. The molecule has 5 nitrogen and oxygen atoms in total. The summed E-state index contributed by atoms with van der Waals surface area (Å²) in [5, 5.41) is 2.71. The standard InChI is InChI=1S/C25H14BrF3N2O3/c26-17-6-2-4-15(12-17)24-31-19-13-18(7-8-21(19)34-24)30-23(32)22-10-9-20(33-22)14-3-1-5-16(11-14)25(27,28)29/h1-13H,(H,30,32). The van der Waals surface area contributed by atoms with Crippen LogP contribution in [0.1, 0.15) is 16.1 Å². The fourth-order valence-corrected chi connectivity index (χ4v) is 3.81. The van der Waals surface area contributed by atoms with Gasteiger partial charge in [0.25, 0.3) is 5.91 Å². The van der Waals surface area contributed by atoms with Crippen LogP contribution in [0, 0.1) is 0 Å². The Labute approximate surface area is 199 Å². The van der Waals surface area contributed by atoms with Crippen LogP contribution in [-0.4, -0.2) is 10.9 Å². The lowest BCUT2D eigenvalue weighted by Crippen LogP contribution is -2.10. The van der Waals surface area contributed by atoms with Gasteiger partial charge >= 0.3 is 6.18 Å². The molecular formula is C25H14BrF3N2O3. The Balaban J connectivity index is 1.36. The van der Waals surface area contributed by atoms with Crippen molar-refractivity contribution in [3.05, 3.63) is 94.7 Å². The summed E-state index contributed by atoms with van der Waals surface area (Å²) in [4.78, 5) is 17.1. The van der Waals surface area contributed by atoms with E-state index in [1.807, 2.05) is 24.3 Å². The van der Waals surface area contributed by atoms with E-state index in [9.17, 15) is 18.0 Å². The first-order valence-electron chi connectivity index (χ1n) is 10.0. The van der Waals surface area contributed by atoms with Gasteiger partial charge < -0.3 is 14.2 Å². The fraction of sp³-hybridized carbons (Fsp3) is 0.0400. The van der Waals surface area contributed by atoms with E-state index < -0.39 is 17.6 Å². The third-order valence-electron chi connectivity index (χ3n) is 5.02. The number of anilines is 1. The molecule has 0 aliphatic heterocycles. The van der Waals surface area contributed by atoms with Gasteiger partial charge in [-0.3, -0.25) is 4.79 Å². The van der Waals surface area contributed by atoms with E-state index in [1.165, 1.54) is 24.3 Å². The van der Waals surface area contributed by atoms with Crippen molar-refractivity contribution in [3.8, 4) is 22.8 Å². The molecule has 0 aliphatic rings. The average Bonchev–Trinajstić information content (AvgIpc) is 3.46. The Morgan fingerprint density at radius 2 is 1.68 bits per heavy atom. The second-order valence-electron chi connectivity index (χ2n) is 7.41. The Hall–Kier alpha value is -3.85. The normalized spacial score (nSPS) is 11.6. The van der Waals surface area contributed by atoms with Crippen LogP contribution in [0.15, 0.2) is 92.2 Å². The summed E-state index contributed by atoms with van der Waals surface area (Å²) < 4.78 is 51.1. The number of oxazole rings is 1. The predicted molar refractivity (Wildman–Crippen MR) is 124 cm³/mol. The number of carbonyl (C=O) groups excluding carboxylic acids is 1. The van der Waals surface area contributed by atoms with Crippen molar-refractivity contribution >= 4 is 38.6 Å². The van der Waals surface area contributed by atoms with Crippen molar-refractivity contribution in [2.75, 3.05) is 5.32 Å². The summed E-state index contributed by atoms with van der Waals surface area (Å²) in [5.74, 6) is 0.00850. The Bertz CT molecular complexity index is 1520. The number of benzene rings is 3. The highest BCUT2D eigenvalue weighted by Crippen LogP contribution is 2.33. The van der Waals surface area contributed by atoms with Crippen LogP contribution in [-0.2, 0) is 6.18 Å². The zero-order valence-corrected chi connectivity index (χ0v) is 18.8. The van der Waals surface area contributed by atoms with E-state index in [1.54, 1.807) is 18.2 Å². The summed E-state index contributed by atoms with van der Waals surface area (Å²) >= 11 is 3.42. The van der Waals surface area contributed by atoms with Crippen LogP contribution >= 0.6 is 15.9 Å². The van der Waals surface area contributed by atoms with E-state index >= 15 is 0 Å². The van der Waals surface area contributed by atoms with Crippen molar-refractivity contribution in [2.24, 2.45) is 0 Å². The number of aromatic nitrogens is 1. The average molecular weight is 527 g/mol. The quantitative estimate of drug-likeness (QED) is 0.259. The van der Waals surface area contributed by atoms with Gasteiger partial charge in [0.05, 0.1) is 5.56 Å². The number of nitrogens with zero attached hydrogens (tertiary/aromatic N) is 1. The van der Waals surface area contributed by atoms with Crippen LogP contribution in [0.5, 0.6) is 0 Å². The van der Waals surface area contributed by atoms with E-state index in [4.69, 9.17) is 8.83 Å². The summed E-state index contributed by atoms with van der Waals surface area (Å²) in [6.07, 6.45) is -4.47. The predicted octanol–water partition coefficient (Wildman–Crippen LogP) is 7.79. The van der Waals surface area contributed by atoms with Crippen molar-refractivity contribution in [1.82, 2.24) is 4.98 Å². The fourth-order valence-electron chi connectivity index (χ4n) is 3.41. The van der Waals surface area contributed by atoms with Crippen molar-refractivity contribution in [3.63, 3.8) is 0 Å². The zero-order valence-electron chi connectivity index (χ0n) is 17.2. The van der Waals surface area contributed by atoms with E-state index in [-0.39, 0.29) is 17.1 Å². The van der Waals surface area contributed by atoms with Gasteiger partial charge in [0.15, 0.2) is 11.3 Å². The topological polar surface area (TPSA) is 68.3 Å². The molecule has 1 N–H and O–H groups in total. The van der Waals surface area contributed by atoms with Crippen LogP contribution in [0.2, 0.25) is 0 Å². The van der Waals surface area contributed by atoms with Gasteiger partial charge in [-0.1, -0.05) is 34.1 Å². The highest BCUT2D eigenvalue weighted by Gasteiger charge is 2.30. The minimum Gasteiger partial charge on any atom is -0.451 e. The van der Waals surface area contributed by atoms with Gasteiger partial charge in [0.1, 0.15) is 11.3 Å². The lowest BCUT2D eigenvalue weighted by Gasteiger charge is -2.07. The highest BCUT2D eigenvalue weighted by atomic mass is 79.9. The van der Waals surface area contributed by atoms with E-state index in [0.29, 0.717) is 22.7 Å². The molecule has 2 heterocycles. The summed E-state index contributed by atoms with van der Waals surface area (Å²) in [5.41, 5.74) is 1.79. The van der Waals surface area contributed by atoms with Crippen LogP contribution in [0.3, 0.4) is 0 Å². The minimum atomic E-state index is -4.47. The lowest BCUT2D eigenvalue weighted by molar-refractivity contribution is -0.137. The monoisotopic (exact) mass is 526 g/mol. The molecule has 0 unspecified atom stereocenters. The number of amides is 1. The number of hydrogen-bond acceptors (Lipinski definition) is 4. The number of nitrogens with one attached hydrogen (secondary N) is 1. The molecule has 0 fully saturated rings. The maximum atomic E-state index is 13.0. The summed E-state index contributed by atoms with van der Waals surface area (Å²) in [6.45, 7) is 0. The number of alkyl halides is 3. The first kappa shape index (κ1) is 22.0. The van der Waals surface area contributed by atoms with E-state index in [2.05, 4.69) is 26.2 Å². The van der Waals surface area contributed by atoms with Gasteiger partial charge in [-0.15, -0.1) is 0 Å². The summed E-state index contributed by atoms with van der Waals surface area (Å²) in [7, 11) is 0. The number of furan rings is 1. The molecule has 0 aliphatic carbocycles. The van der Waals surface area contributed by atoms with Crippen LogP contribution in [0.4, 0.5) is 18.9 Å². The molecule has 3 aromatic carbocycles. The van der Waals surface area contributed by atoms with Gasteiger partial charge in [0.2, 0.25) is 5.89 Å². The molecule has 0 saturated heterocycles. The van der Waals surface area contributed by atoms with Crippen LogP contribution < -0.4 is 5.32 Å². The molecule has 170 valence electrons. The molecular weight excluding hydrogens is 513 g/mol. The van der Waals surface area contributed by atoms with Crippen molar-refractivity contribution in [1.29, 1.82) is 0 Å². The van der Waals surface area contributed by atoms with Crippen molar-refractivity contribution in [2.45, 2.75) is 6.18 Å². The largest absolute Gasteiger partial charge is 0.451 e. The first-order chi connectivity index (χ1) is 16.3. The molecule has 0 bridgehead atoms. The third-order valence-corrected chi connectivity index (χ3v) is 5.51. The number of carbonyl (C=O) groups is 1. The second-order valence-corrected chi connectivity index (χ2v) is 8.32. The van der Waals surface area contributed by atoms with Gasteiger partial charge in [-0.25, -0.2) is 4.98 Å². The van der Waals surface area contributed by atoms with Gasteiger partial charge in [-0.2, -0.15) is 13.2 Å². The second kappa shape index (κ2) is 8.49. The molecule has 2 aromatic heterocycles. The molecule has 34 heavy (non-hydrogen) atoms. The number of hydrogen-bond donors (Lipinski definition) is 1. The molecule has 5 aromatic rings. The van der Waals surface area contributed by atoms with Gasteiger partial charge in [0, 0.05) is 21.3 Å². The Kier molecular flexibility index (Phi) is 5.49. The number of rotatable bonds is 4. The lowest BCUT2D eigenvalue weighted by atomic mass is 10.1. The SMILES string of the molecule is O=C(Nc1ccc2oc(-c3cccc(Br)c3)nc2c1)c1ccc(-c2cccc(C(F)(F)F)c2)o1. The Morgan fingerprint density at radius 3 is 2.47 bits per heavy atom. The molecule has 0 spiro atoms. The van der Waals surface area contributed by atoms with Crippen molar-refractivity contribution < 1.29 is 26.8 Å². The molecule has 0 radical (unpaired) electrons. The number of fused-ring (bicyclic) bond motifs is 1. The molecule has 0 atom stereocenters. The smallest absolute Gasteiger partial charge is 0.416 e. The Morgan fingerprint density at radius 1 is 0.882 bits per heavy atom. The van der Waals surface area contributed by atoms with Gasteiger partial charge in [-0.05, 0) is 60.7 Å². The highest BCUT2D eigenvalue weighted by molar-refractivity contribution is 9.10. The number of halogens is 4. The molecule has 1 amide bonds. The third kappa shape index (κ3) is 4.47. The van der Waals surface area contributed by atoms with E-state index in [0.717, 1.165) is 22.2 Å². The van der Waals surface area contributed by atoms with Crippen LogP contribution in [0.25, 0.3) is 33.9 Å². The summed E-state index contributed by atoms with van der Waals surface area (Å²) in [6, 6.07) is 20.1. The minimum absolute atomic E-state index is 0.0394. The molecule has 9 heteroatoms. The maximum Gasteiger partial charge on any atom is 0.416 e. The zero-order chi connectivity index (χ0) is 23.9.